The van der Waals surface area contributed by atoms with Crippen molar-refractivity contribution in [2.75, 3.05) is 32.5 Å². The number of hydrogen-bond acceptors (Lipinski definition) is 3. The van der Waals surface area contributed by atoms with Crippen LogP contribution < -0.4 is 5.32 Å². The molecular weight excluding hydrogens is 221 g/mol. The van der Waals surface area contributed by atoms with E-state index in [2.05, 4.69) is 14.6 Å². The van der Waals surface area contributed by atoms with Gasteiger partial charge >= 0.3 is 0 Å². The zero-order valence-corrected chi connectivity index (χ0v) is 10.5. The van der Waals surface area contributed by atoms with Gasteiger partial charge in [0, 0.05) is 5.56 Å². The van der Waals surface area contributed by atoms with E-state index in [9.17, 15) is 0 Å². The van der Waals surface area contributed by atoms with Crippen molar-refractivity contribution in [1.82, 2.24) is 5.32 Å². The lowest BCUT2D eigenvalue weighted by Gasteiger charge is -2.28. The van der Waals surface area contributed by atoms with Gasteiger partial charge in [-0.15, -0.1) is 9.24 Å². The summed E-state index contributed by atoms with van der Waals surface area (Å²) in [6.07, 6.45) is 1.03. The van der Waals surface area contributed by atoms with Gasteiger partial charge in [0.1, 0.15) is 0 Å². The zero-order chi connectivity index (χ0) is 11.3. The maximum Gasteiger partial charge on any atom is 0.207 e. The van der Waals surface area contributed by atoms with Crippen LogP contribution in [0.3, 0.4) is 0 Å². The molecule has 4 heteroatoms. The zero-order valence-electron chi connectivity index (χ0n) is 9.32. The molecule has 0 radical (unpaired) electrons. The molecule has 0 aromatic heterocycles. The molecule has 16 heavy (non-hydrogen) atoms. The Kier molecular flexibility index (Phi) is 4.30. The standard InChI is InChI=1S/C12H18NO2P/c16-9-6-13-10-12(14-7-8-15-12)11-4-2-1-3-5-11/h1-5,13H,6-10,16H2. The highest BCUT2D eigenvalue weighted by atomic mass is 31.0. The quantitative estimate of drug-likeness (QED) is 0.621. The molecule has 0 aliphatic carbocycles. The SMILES string of the molecule is PCCNCC1(c2ccccc2)OCCO1. The first-order valence-corrected chi connectivity index (χ1v) is 6.43. The van der Waals surface area contributed by atoms with Gasteiger partial charge in [-0.25, -0.2) is 0 Å². The fraction of sp³-hybridized carbons (Fsp3) is 0.500. The second-order valence-corrected chi connectivity index (χ2v) is 4.36. The van der Waals surface area contributed by atoms with E-state index in [1.165, 1.54) is 0 Å². The van der Waals surface area contributed by atoms with Crippen LogP contribution >= 0.6 is 9.24 Å². The van der Waals surface area contributed by atoms with E-state index in [4.69, 9.17) is 9.47 Å². The fourth-order valence-electron chi connectivity index (χ4n) is 1.87. The fourth-order valence-corrected chi connectivity index (χ4v) is 2.08. The summed E-state index contributed by atoms with van der Waals surface area (Å²) < 4.78 is 11.6. The minimum absolute atomic E-state index is 0.582. The molecule has 1 fully saturated rings. The molecule has 0 bridgehead atoms. The molecule has 0 amide bonds. The molecule has 0 saturated carbocycles. The normalized spacial score (nSPS) is 18.8. The Balaban J connectivity index is 2.09. The van der Waals surface area contributed by atoms with Gasteiger partial charge in [0.05, 0.1) is 19.8 Å². The molecular formula is C12H18NO2P. The van der Waals surface area contributed by atoms with Crippen molar-refractivity contribution in [3.8, 4) is 0 Å². The summed E-state index contributed by atoms with van der Waals surface area (Å²) in [6, 6.07) is 10.1. The predicted octanol–water partition coefficient (Wildman–Crippen LogP) is 1.35. The van der Waals surface area contributed by atoms with Crippen LogP contribution in [-0.2, 0) is 15.3 Å². The second-order valence-electron chi connectivity index (χ2n) is 3.78. The minimum Gasteiger partial charge on any atom is -0.342 e. The highest BCUT2D eigenvalue weighted by molar-refractivity contribution is 7.16. The van der Waals surface area contributed by atoms with Crippen molar-refractivity contribution in [3.63, 3.8) is 0 Å². The first-order chi connectivity index (χ1) is 7.87. The molecule has 1 heterocycles. The Morgan fingerprint density at radius 3 is 2.50 bits per heavy atom. The van der Waals surface area contributed by atoms with Gasteiger partial charge in [0.25, 0.3) is 0 Å². The summed E-state index contributed by atoms with van der Waals surface area (Å²) in [7, 11) is 2.70. The summed E-state index contributed by atoms with van der Waals surface area (Å²) >= 11 is 0. The molecule has 1 atom stereocenters. The summed E-state index contributed by atoms with van der Waals surface area (Å²) in [6.45, 7) is 2.98. The smallest absolute Gasteiger partial charge is 0.207 e. The third-order valence-electron chi connectivity index (χ3n) is 2.65. The van der Waals surface area contributed by atoms with Gasteiger partial charge in [-0.1, -0.05) is 30.3 Å². The number of benzene rings is 1. The highest BCUT2D eigenvalue weighted by Gasteiger charge is 2.37. The lowest BCUT2D eigenvalue weighted by Crippen LogP contribution is -2.39. The van der Waals surface area contributed by atoms with Gasteiger partial charge in [0.15, 0.2) is 0 Å². The molecule has 1 aromatic rings. The van der Waals surface area contributed by atoms with E-state index in [0.717, 1.165) is 18.3 Å². The summed E-state index contributed by atoms with van der Waals surface area (Å²) in [4.78, 5) is 0. The van der Waals surface area contributed by atoms with Gasteiger partial charge in [-0.05, 0) is 12.7 Å². The number of ether oxygens (including phenoxy) is 2. The van der Waals surface area contributed by atoms with Gasteiger partial charge in [-0.2, -0.15) is 0 Å². The first kappa shape index (κ1) is 12.0. The third kappa shape index (κ3) is 2.61. The second kappa shape index (κ2) is 5.74. The van der Waals surface area contributed by atoms with Crippen LogP contribution in [0.4, 0.5) is 0 Å². The first-order valence-electron chi connectivity index (χ1n) is 5.62. The average molecular weight is 239 g/mol. The molecule has 1 aliphatic rings. The average Bonchev–Trinajstić information content (AvgIpc) is 2.81. The van der Waals surface area contributed by atoms with Gasteiger partial charge < -0.3 is 14.8 Å². The van der Waals surface area contributed by atoms with Crippen molar-refractivity contribution in [3.05, 3.63) is 35.9 Å². The molecule has 3 nitrogen and oxygen atoms in total. The van der Waals surface area contributed by atoms with Crippen molar-refractivity contribution in [1.29, 1.82) is 0 Å². The van der Waals surface area contributed by atoms with E-state index >= 15 is 0 Å². The lowest BCUT2D eigenvalue weighted by molar-refractivity contribution is -0.161. The van der Waals surface area contributed by atoms with Gasteiger partial charge in [0.2, 0.25) is 5.79 Å². The van der Waals surface area contributed by atoms with Crippen LogP contribution in [0.5, 0.6) is 0 Å². The predicted molar refractivity (Wildman–Crippen MR) is 67.5 cm³/mol. The van der Waals surface area contributed by atoms with Crippen molar-refractivity contribution >= 4 is 9.24 Å². The van der Waals surface area contributed by atoms with Crippen molar-refractivity contribution in [2.45, 2.75) is 5.79 Å². The van der Waals surface area contributed by atoms with Crippen LogP contribution in [0.15, 0.2) is 30.3 Å². The monoisotopic (exact) mass is 239 g/mol. The molecule has 1 N–H and O–H groups in total. The van der Waals surface area contributed by atoms with Crippen molar-refractivity contribution in [2.24, 2.45) is 0 Å². The largest absolute Gasteiger partial charge is 0.342 e. The van der Waals surface area contributed by atoms with Crippen LogP contribution in [-0.4, -0.2) is 32.5 Å². The van der Waals surface area contributed by atoms with E-state index in [1.54, 1.807) is 0 Å². The van der Waals surface area contributed by atoms with E-state index in [-0.39, 0.29) is 0 Å². The summed E-state index contributed by atoms with van der Waals surface area (Å²) in [5.41, 5.74) is 1.09. The molecule has 2 rings (SSSR count). The van der Waals surface area contributed by atoms with Crippen LogP contribution in [0.1, 0.15) is 5.56 Å². The Labute approximate surface area is 98.7 Å². The van der Waals surface area contributed by atoms with Crippen LogP contribution in [0.2, 0.25) is 0 Å². The molecule has 88 valence electrons. The Bertz CT molecular complexity index is 312. The number of rotatable bonds is 5. The molecule has 0 spiro atoms. The van der Waals surface area contributed by atoms with E-state index in [1.807, 2.05) is 30.3 Å². The maximum absolute atomic E-state index is 5.78. The van der Waals surface area contributed by atoms with E-state index < -0.39 is 5.79 Å². The maximum atomic E-state index is 5.78. The minimum atomic E-state index is -0.582. The number of hydrogen-bond donors (Lipinski definition) is 1. The summed E-state index contributed by atoms with van der Waals surface area (Å²) in [5, 5.41) is 3.35. The molecule has 1 aliphatic heterocycles. The molecule has 1 saturated heterocycles. The summed E-state index contributed by atoms with van der Waals surface area (Å²) in [5.74, 6) is -0.582. The molecule has 1 aromatic carbocycles. The van der Waals surface area contributed by atoms with Crippen LogP contribution in [0, 0.1) is 0 Å². The van der Waals surface area contributed by atoms with Crippen LogP contribution in [0.25, 0.3) is 0 Å². The Morgan fingerprint density at radius 2 is 1.88 bits per heavy atom. The Hall–Kier alpha value is -0.470. The molecule has 1 unspecified atom stereocenters. The topological polar surface area (TPSA) is 30.5 Å². The Morgan fingerprint density at radius 1 is 1.19 bits per heavy atom. The van der Waals surface area contributed by atoms with Crippen molar-refractivity contribution < 1.29 is 9.47 Å². The number of nitrogens with one attached hydrogen (secondary N) is 1. The van der Waals surface area contributed by atoms with E-state index in [0.29, 0.717) is 19.8 Å². The lowest BCUT2D eigenvalue weighted by atomic mass is 10.1. The van der Waals surface area contributed by atoms with Gasteiger partial charge in [-0.3, -0.25) is 0 Å². The highest BCUT2D eigenvalue weighted by Crippen LogP contribution is 2.30. The third-order valence-corrected chi connectivity index (χ3v) is 2.93.